The Kier molecular flexibility index (Phi) is 5.81. The second-order valence-electron chi connectivity index (χ2n) is 7.67. The van der Waals surface area contributed by atoms with Crippen LogP contribution in [0, 0.1) is 0 Å². The van der Waals surface area contributed by atoms with Crippen molar-refractivity contribution in [1.82, 2.24) is 24.6 Å². The minimum Gasteiger partial charge on any atom is -0.375 e. The number of anilines is 1. The summed E-state index contributed by atoms with van der Waals surface area (Å²) in [5, 5.41) is 7.12. The summed E-state index contributed by atoms with van der Waals surface area (Å²) in [5.74, 6) is 0.765. The van der Waals surface area contributed by atoms with Crippen molar-refractivity contribution >= 4 is 23.2 Å². The van der Waals surface area contributed by atoms with Crippen molar-refractivity contribution in [2.45, 2.75) is 38.0 Å². The molecule has 1 saturated carbocycles. The number of halogens is 4. The van der Waals surface area contributed by atoms with E-state index in [1.54, 1.807) is 31.0 Å². The maximum absolute atomic E-state index is 13.1. The van der Waals surface area contributed by atoms with Crippen LogP contribution in [0.2, 0.25) is 5.02 Å². The second-order valence-corrected chi connectivity index (χ2v) is 8.11. The molecule has 2 aromatic heterocycles. The lowest BCUT2D eigenvalue weighted by atomic mass is 10.1. The zero-order valence-corrected chi connectivity index (χ0v) is 18.0. The second kappa shape index (κ2) is 8.42. The number of nitrogens with zero attached hydrogens (tertiary/aromatic N) is 5. The third kappa shape index (κ3) is 4.69. The van der Waals surface area contributed by atoms with E-state index in [0.29, 0.717) is 23.2 Å². The van der Waals surface area contributed by atoms with Crippen molar-refractivity contribution in [3.63, 3.8) is 0 Å². The first-order chi connectivity index (χ1) is 15.1. The Hall–Kier alpha value is -3.14. The quantitative estimate of drug-likeness (QED) is 0.570. The Morgan fingerprint density at radius 1 is 1.25 bits per heavy atom. The molecule has 1 aliphatic carbocycles. The van der Waals surface area contributed by atoms with Crippen molar-refractivity contribution in [2.75, 3.05) is 12.4 Å². The Labute approximate surface area is 187 Å². The largest absolute Gasteiger partial charge is 0.416 e. The summed E-state index contributed by atoms with van der Waals surface area (Å²) in [4.78, 5) is 22.7. The summed E-state index contributed by atoms with van der Waals surface area (Å²) in [6.07, 6.45) is 0.318. The van der Waals surface area contributed by atoms with Gasteiger partial charge in [-0.1, -0.05) is 11.6 Å². The number of benzene rings is 1. The molecule has 4 rings (SSSR count). The van der Waals surface area contributed by atoms with Crippen molar-refractivity contribution < 1.29 is 18.0 Å². The van der Waals surface area contributed by atoms with Crippen LogP contribution in [0.3, 0.4) is 0 Å². The average Bonchev–Trinajstić information content (AvgIpc) is 3.47. The van der Waals surface area contributed by atoms with E-state index in [-0.39, 0.29) is 16.6 Å². The molecule has 3 aromatic rings. The van der Waals surface area contributed by atoms with Gasteiger partial charge in [0, 0.05) is 30.0 Å². The van der Waals surface area contributed by atoms with Crippen LogP contribution >= 0.6 is 11.6 Å². The maximum atomic E-state index is 13.1. The fourth-order valence-corrected chi connectivity index (χ4v) is 3.58. The van der Waals surface area contributed by atoms with Crippen LogP contribution in [-0.4, -0.2) is 43.6 Å². The minimum atomic E-state index is -4.51. The third-order valence-electron chi connectivity index (χ3n) is 5.20. The zero-order chi connectivity index (χ0) is 23.0. The fraction of sp³-hybridized carbons (Fsp3) is 0.333. The topological polar surface area (TPSA) is 75.9 Å². The molecule has 0 saturated heterocycles. The Morgan fingerprint density at radius 2 is 2.00 bits per heavy atom. The monoisotopic (exact) mass is 464 g/mol. The molecule has 0 unspecified atom stereocenters. The van der Waals surface area contributed by atoms with Crippen molar-refractivity contribution in [3.05, 3.63) is 64.8 Å². The number of aromatic nitrogens is 4. The van der Waals surface area contributed by atoms with Gasteiger partial charge in [0.2, 0.25) is 0 Å². The van der Waals surface area contributed by atoms with Crippen LogP contribution in [0.4, 0.5) is 18.9 Å². The number of pyridine rings is 1. The molecule has 0 bridgehead atoms. The van der Waals surface area contributed by atoms with Gasteiger partial charge in [-0.25, -0.2) is 9.97 Å². The van der Waals surface area contributed by atoms with Crippen LogP contribution in [0.15, 0.2) is 42.9 Å². The smallest absolute Gasteiger partial charge is 0.375 e. The molecule has 1 amide bonds. The fourth-order valence-electron chi connectivity index (χ4n) is 3.34. The number of carbonyl (C=O) groups is 1. The molecule has 32 heavy (non-hydrogen) atoms. The van der Waals surface area contributed by atoms with E-state index in [4.69, 9.17) is 11.6 Å². The molecule has 1 aromatic carbocycles. The molecule has 0 aliphatic heterocycles. The number of carbonyl (C=O) groups excluding carboxylic acids is 1. The molecule has 1 aliphatic rings. The Morgan fingerprint density at radius 3 is 2.62 bits per heavy atom. The molecule has 1 fully saturated rings. The van der Waals surface area contributed by atoms with Gasteiger partial charge < -0.3 is 10.2 Å². The highest BCUT2D eigenvalue weighted by molar-refractivity contribution is 6.30. The zero-order valence-electron chi connectivity index (χ0n) is 17.3. The van der Waals surface area contributed by atoms with Crippen LogP contribution < -0.4 is 5.32 Å². The minimum absolute atomic E-state index is 0.0333. The number of hydrogen-bond donors (Lipinski definition) is 1. The number of rotatable bonds is 6. The van der Waals surface area contributed by atoms with E-state index in [9.17, 15) is 18.0 Å². The lowest BCUT2D eigenvalue weighted by Crippen LogP contribution is -2.28. The highest BCUT2D eigenvalue weighted by Crippen LogP contribution is 2.34. The van der Waals surface area contributed by atoms with Gasteiger partial charge in [-0.05, 0) is 50.1 Å². The molecular weight excluding hydrogens is 445 g/mol. The standard InChI is InChI=1S/C21H20ClF3N6O/c1-12(29-16-8-14(21(23,24)25)7-15(22)9-16)19-27-11-28-31(19)18-6-3-13(10-26-18)20(32)30(2)17-4-5-17/h3,6-12,17,29H,4-5H2,1-2H3/t12-/m0/s1. The van der Waals surface area contributed by atoms with Gasteiger partial charge in [-0.3, -0.25) is 4.79 Å². The first-order valence-electron chi connectivity index (χ1n) is 9.91. The number of amides is 1. The van der Waals surface area contributed by atoms with Crippen LogP contribution in [0.5, 0.6) is 0 Å². The van der Waals surface area contributed by atoms with Crippen molar-refractivity contribution in [1.29, 1.82) is 0 Å². The molecule has 1 atom stereocenters. The Balaban J connectivity index is 1.53. The van der Waals surface area contributed by atoms with Crippen molar-refractivity contribution in [3.8, 4) is 5.82 Å². The third-order valence-corrected chi connectivity index (χ3v) is 5.41. The predicted octanol–water partition coefficient (Wildman–Crippen LogP) is 4.74. The van der Waals surface area contributed by atoms with E-state index in [0.717, 1.165) is 25.0 Å². The number of nitrogens with one attached hydrogen (secondary N) is 1. The van der Waals surface area contributed by atoms with Crippen LogP contribution in [0.1, 0.15) is 47.6 Å². The highest BCUT2D eigenvalue weighted by atomic mass is 35.5. The Bertz CT molecular complexity index is 1130. The van der Waals surface area contributed by atoms with Gasteiger partial charge in [0.1, 0.15) is 6.33 Å². The van der Waals surface area contributed by atoms with Crippen molar-refractivity contribution in [2.24, 2.45) is 0 Å². The summed E-state index contributed by atoms with van der Waals surface area (Å²) >= 11 is 5.86. The summed E-state index contributed by atoms with van der Waals surface area (Å²) in [5.41, 5.74) is -0.183. The molecule has 0 spiro atoms. The van der Waals surface area contributed by atoms with Gasteiger partial charge in [-0.2, -0.15) is 23.0 Å². The normalized spacial score (nSPS) is 14.8. The average molecular weight is 465 g/mol. The molecular formula is C21H20ClF3N6O. The number of hydrogen-bond acceptors (Lipinski definition) is 5. The lowest BCUT2D eigenvalue weighted by molar-refractivity contribution is -0.137. The summed E-state index contributed by atoms with van der Waals surface area (Å²) < 4.78 is 40.7. The molecule has 7 nitrogen and oxygen atoms in total. The van der Waals surface area contributed by atoms with Crippen LogP contribution in [0.25, 0.3) is 5.82 Å². The highest BCUT2D eigenvalue weighted by Gasteiger charge is 2.32. The molecule has 11 heteroatoms. The maximum Gasteiger partial charge on any atom is 0.416 e. The molecule has 1 N–H and O–H groups in total. The molecule has 168 valence electrons. The van der Waals surface area contributed by atoms with Crippen LogP contribution in [-0.2, 0) is 6.18 Å². The van der Waals surface area contributed by atoms with Gasteiger partial charge in [-0.15, -0.1) is 0 Å². The van der Waals surface area contributed by atoms with E-state index in [1.165, 1.54) is 23.3 Å². The summed E-state index contributed by atoms with van der Waals surface area (Å²) in [6.45, 7) is 1.73. The SMILES string of the molecule is C[C@H](Nc1cc(Cl)cc(C(F)(F)F)c1)c1ncnn1-c1ccc(C(=O)N(C)C2CC2)cn1. The number of alkyl halides is 3. The van der Waals surface area contributed by atoms with E-state index >= 15 is 0 Å². The van der Waals surface area contributed by atoms with E-state index in [1.807, 2.05) is 0 Å². The predicted molar refractivity (Wildman–Crippen MR) is 113 cm³/mol. The summed E-state index contributed by atoms with van der Waals surface area (Å²) in [7, 11) is 1.77. The van der Waals surface area contributed by atoms with Gasteiger partial charge in [0.15, 0.2) is 11.6 Å². The lowest BCUT2D eigenvalue weighted by Gasteiger charge is -2.18. The first kappa shape index (κ1) is 22.1. The van der Waals surface area contributed by atoms with Gasteiger partial charge >= 0.3 is 6.18 Å². The molecule has 0 radical (unpaired) electrons. The first-order valence-corrected chi connectivity index (χ1v) is 10.3. The molecule has 2 heterocycles. The van der Waals surface area contributed by atoms with E-state index in [2.05, 4.69) is 20.4 Å². The van der Waals surface area contributed by atoms with Gasteiger partial charge in [0.25, 0.3) is 5.91 Å². The van der Waals surface area contributed by atoms with Gasteiger partial charge in [0.05, 0.1) is 17.2 Å². The summed E-state index contributed by atoms with van der Waals surface area (Å²) in [6, 6.07) is 6.36. The van der Waals surface area contributed by atoms with E-state index < -0.39 is 17.8 Å².